The van der Waals surface area contributed by atoms with Crippen LogP contribution >= 0.6 is 0 Å². The fourth-order valence-corrected chi connectivity index (χ4v) is 3.30. The SMILES string of the molecule is CC(C)N(C(=O)Cn1c(C2CC2)nc2ccccc21)C(C)C. The molecule has 1 saturated carbocycles. The van der Waals surface area contributed by atoms with Crippen molar-refractivity contribution in [3.63, 3.8) is 0 Å². The zero-order chi connectivity index (χ0) is 15.9. The van der Waals surface area contributed by atoms with Crippen LogP contribution in [0.2, 0.25) is 0 Å². The van der Waals surface area contributed by atoms with Gasteiger partial charge in [0.05, 0.1) is 11.0 Å². The second-order valence-corrected chi connectivity index (χ2v) is 6.81. The first-order chi connectivity index (χ1) is 10.5. The van der Waals surface area contributed by atoms with Crippen LogP contribution in [0.25, 0.3) is 11.0 Å². The van der Waals surface area contributed by atoms with Crippen LogP contribution in [-0.4, -0.2) is 32.4 Å². The van der Waals surface area contributed by atoms with E-state index in [2.05, 4.69) is 38.3 Å². The molecule has 1 amide bonds. The lowest BCUT2D eigenvalue weighted by molar-refractivity contribution is -0.135. The van der Waals surface area contributed by atoms with E-state index in [0.29, 0.717) is 12.5 Å². The van der Waals surface area contributed by atoms with Gasteiger partial charge in [-0.25, -0.2) is 4.98 Å². The van der Waals surface area contributed by atoms with Crippen molar-refractivity contribution in [3.8, 4) is 0 Å². The van der Waals surface area contributed by atoms with Gasteiger partial charge in [0, 0.05) is 18.0 Å². The molecule has 0 spiro atoms. The van der Waals surface area contributed by atoms with E-state index in [4.69, 9.17) is 4.98 Å². The Kier molecular flexibility index (Phi) is 3.94. The molecule has 0 saturated heterocycles. The number of fused-ring (bicyclic) bond motifs is 1. The molecule has 1 aliphatic rings. The van der Waals surface area contributed by atoms with Crippen molar-refractivity contribution < 1.29 is 4.79 Å². The highest BCUT2D eigenvalue weighted by molar-refractivity contribution is 5.81. The number of carbonyl (C=O) groups excluding carboxylic acids is 1. The van der Waals surface area contributed by atoms with Gasteiger partial charge in [0.1, 0.15) is 12.4 Å². The lowest BCUT2D eigenvalue weighted by Gasteiger charge is -2.31. The van der Waals surface area contributed by atoms with Crippen LogP contribution < -0.4 is 0 Å². The summed E-state index contributed by atoms with van der Waals surface area (Å²) < 4.78 is 2.13. The number of para-hydroxylation sites is 2. The lowest BCUT2D eigenvalue weighted by Crippen LogP contribution is -2.43. The molecule has 3 rings (SSSR count). The Bertz CT molecular complexity index is 675. The van der Waals surface area contributed by atoms with Gasteiger partial charge in [-0.3, -0.25) is 4.79 Å². The van der Waals surface area contributed by atoms with Gasteiger partial charge in [-0.1, -0.05) is 12.1 Å². The van der Waals surface area contributed by atoms with E-state index in [9.17, 15) is 4.79 Å². The largest absolute Gasteiger partial charge is 0.336 e. The summed E-state index contributed by atoms with van der Waals surface area (Å²) in [5.74, 6) is 1.80. The van der Waals surface area contributed by atoms with E-state index in [1.54, 1.807) is 0 Å². The number of carbonyl (C=O) groups is 1. The molecule has 4 heteroatoms. The molecule has 1 aromatic carbocycles. The van der Waals surface area contributed by atoms with E-state index in [0.717, 1.165) is 16.9 Å². The minimum Gasteiger partial charge on any atom is -0.336 e. The number of amides is 1. The molecule has 2 aromatic rings. The third-order valence-corrected chi connectivity index (χ3v) is 4.32. The van der Waals surface area contributed by atoms with Gasteiger partial charge < -0.3 is 9.47 Å². The van der Waals surface area contributed by atoms with Crippen molar-refractivity contribution in [2.75, 3.05) is 0 Å². The summed E-state index contributed by atoms with van der Waals surface area (Å²) in [5.41, 5.74) is 2.07. The van der Waals surface area contributed by atoms with E-state index in [1.165, 1.54) is 12.8 Å². The second-order valence-electron chi connectivity index (χ2n) is 6.81. The van der Waals surface area contributed by atoms with E-state index < -0.39 is 0 Å². The van der Waals surface area contributed by atoms with Crippen LogP contribution in [-0.2, 0) is 11.3 Å². The van der Waals surface area contributed by atoms with Crippen LogP contribution in [0.4, 0.5) is 0 Å². The van der Waals surface area contributed by atoms with Gasteiger partial charge in [-0.05, 0) is 52.7 Å². The molecule has 0 bridgehead atoms. The summed E-state index contributed by atoms with van der Waals surface area (Å²) in [6.07, 6.45) is 2.38. The lowest BCUT2D eigenvalue weighted by atomic mass is 10.2. The Labute approximate surface area is 132 Å². The molecule has 1 aromatic heterocycles. The predicted molar refractivity (Wildman–Crippen MR) is 88.8 cm³/mol. The summed E-state index contributed by atoms with van der Waals surface area (Å²) in [5, 5.41) is 0. The van der Waals surface area contributed by atoms with Crippen molar-refractivity contribution in [2.24, 2.45) is 0 Å². The molecular weight excluding hydrogens is 274 g/mol. The van der Waals surface area contributed by atoms with E-state index in [1.807, 2.05) is 23.1 Å². The Morgan fingerprint density at radius 1 is 1.23 bits per heavy atom. The molecule has 0 N–H and O–H groups in total. The van der Waals surface area contributed by atoms with Gasteiger partial charge in [-0.15, -0.1) is 0 Å². The first kappa shape index (κ1) is 15.1. The second kappa shape index (κ2) is 5.75. The number of aromatic nitrogens is 2. The van der Waals surface area contributed by atoms with Gasteiger partial charge in [0.25, 0.3) is 0 Å². The first-order valence-corrected chi connectivity index (χ1v) is 8.25. The third-order valence-electron chi connectivity index (χ3n) is 4.32. The summed E-state index contributed by atoms with van der Waals surface area (Å²) >= 11 is 0. The molecule has 1 fully saturated rings. The number of rotatable bonds is 5. The highest BCUT2D eigenvalue weighted by Gasteiger charge is 2.31. The molecule has 1 aliphatic carbocycles. The predicted octanol–water partition coefficient (Wildman–Crippen LogP) is 3.56. The third kappa shape index (κ3) is 2.74. The zero-order valence-corrected chi connectivity index (χ0v) is 13.9. The van der Waals surface area contributed by atoms with Crippen LogP contribution in [0.5, 0.6) is 0 Å². The average Bonchev–Trinajstić information content (AvgIpc) is 3.22. The number of hydrogen-bond acceptors (Lipinski definition) is 2. The van der Waals surface area contributed by atoms with Crippen molar-refractivity contribution in [1.29, 1.82) is 0 Å². The molecule has 0 aliphatic heterocycles. The Hall–Kier alpha value is -1.84. The van der Waals surface area contributed by atoms with Crippen molar-refractivity contribution >= 4 is 16.9 Å². The van der Waals surface area contributed by atoms with E-state index >= 15 is 0 Å². The first-order valence-electron chi connectivity index (χ1n) is 8.25. The number of hydrogen-bond donors (Lipinski definition) is 0. The maximum Gasteiger partial charge on any atom is 0.243 e. The molecule has 22 heavy (non-hydrogen) atoms. The molecule has 0 atom stereocenters. The van der Waals surface area contributed by atoms with Crippen LogP contribution in [0, 0.1) is 0 Å². The van der Waals surface area contributed by atoms with Gasteiger partial charge >= 0.3 is 0 Å². The molecule has 1 heterocycles. The van der Waals surface area contributed by atoms with Gasteiger partial charge in [-0.2, -0.15) is 0 Å². The van der Waals surface area contributed by atoms with E-state index in [-0.39, 0.29) is 18.0 Å². The summed E-state index contributed by atoms with van der Waals surface area (Å²) in [6.45, 7) is 8.69. The number of benzene rings is 1. The summed E-state index contributed by atoms with van der Waals surface area (Å²) in [4.78, 5) is 19.5. The Balaban J connectivity index is 1.95. The summed E-state index contributed by atoms with van der Waals surface area (Å²) in [6, 6.07) is 8.55. The van der Waals surface area contributed by atoms with Crippen LogP contribution in [0.15, 0.2) is 24.3 Å². The smallest absolute Gasteiger partial charge is 0.243 e. The Morgan fingerprint density at radius 2 is 1.86 bits per heavy atom. The highest BCUT2D eigenvalue weighted by atomic mass is 16.2. The minimum atomic E-state index is 0.176. The van der Waals surface area contributed by atoms with Gasteiger partial charge in [0.2, 0.25) is 5.91 Å². The zero-order valence-electron chi connectivity index (χ0n) is 13.9. The average molecular weight is 299 g/mol. The Morgan fingerprint density at radius 3 is 2.45 bits per heavy atom. The fraction of sp³-hybridized carbons (Fsp3) is 0.556. The molecule has 4 nitrogen and oxygen atoms in total. The van der Waals surface area contributed by atoms with Crippen LogP contribution in [0.1, 0.15) is 52.3 Å². The monoisotopic (exact) mass is 299 g/mol. The van der Waals surface area contributed by atoms with Crippen molar-refractivity contribution in [3.05, 3.63) is 30.1 Å². The van der Waals surface area contributed by atoms with Crippen LogP contribution in [0.3, 0.4) is 0 Å². The maximum atomic E-state index is 12.8. The maximum absolute atomic E-state index is 12.8. The topological polar surface area (TPSA) is 38.1 Å². The molecule has 0 unspecified atom stereocenters. The van der Waals surface area contributed by atoms with Crippen molar-refractivity contribution in [2.45, 2.75) is 65.1 Å². The minimum absolute atomic E-state index is 0.176. The quantitative estimate of drug-likeness (QED) is 0.846. The summed E-state index contributed by atoms with van der Waals surface area (Å²) in [7, 11) is 0. The highest BCUT2D eigenvalue weighted by Crippen LogP contribution is 2.40. The molecule has 118 valence electrons. The standard InChI is InChI=1S/C18H25N3O/c1-12(2)21(13(3)4)17(22)11-20-16-8-6-5-7-15(16)19-18(20)14-9-10-14/h5-8,12-14H,9-11H2,1-4H3. The number of nitrogens with zero attached hydrogens (tertiary/aromatic N) is 3. The molecule has 0 radical (unpaired) electrons. The van der Waals surface area contributed by atoms with Gasteiger partial charge in [0.15, 0.2) is 0 Å². The van der Waals surface area contributed by atoms with Crippen molar-refractivity contribution in [1.82, 2.24) is 14.5 Å². The fourth-order valence-electron chi connectivity index (χ4n) is 3.30. The molecular formula is C18H25N3O. The number of imidazole rings is 1. The normalized spacial score (nSPS) is 15.0.